The molecule has 8 aliphatic rings. The SMILES string of the molecule is CC1(C)C2C=CC=CC2C2CC=C(N(C3=CCCC=C3C3CC=CC4=C3c3ccccc3C4(C3=CC=CCC3)C3C=CC=CC3)c3ccc(-c4ccccc4)cc3)CC21C. The number of benzene rings is 3. The van der Waals surface area contributed by atoms with Crippen LogP contribution in [0.1, 0.15) is 83.3 Å². The summed E-state index contributed by atoms with van der Waals surface area (Å²) in [4.78, 5) is 2.74. The Kier molecular flexibility index (Phi) is 9.18. The van der Waals surface area contributed by atoms with Crippen LogP contribution in [0.25, 0.3) is 16.7 Å². The summed E-state index contributed by atoms with van der Waals surface area (Å²) in [6.07, 6.45) is 47.9. The summed E-state index contributed by atoms with van der Waals surface area (Å²) >= 11 is 0. The van der Waals surface area contributed by atoms with Crippen LogP contribution in [0.4, 0.5) is 5.69 Å². The fourth-order valence-electron chi connectivity index (χ4n) is 13.5. The molecule has 0 radical (unpaired) electrons. The van der Waals surface area contributed by atoms with Gasteiger partial charge < -0.3 is 4.90 Å². The minimum Gasteiger partial charge on any atom is -0.315 e. The quantitative estimate of drug-likeness (QED) is 0.231. The second-order valence-corrected chi connectivity index (χ2v) is 19.5. The third-order valence-corrected chi connectivity index (χ3v) is 16.6. The van der Waals surface area contributed by atoms with Crippen molar-refractivity contribution in [3.63, 3.8) is 0 Å². The molecular formula is C59H59N. The number of fused-ring (bicyclic) bond motifs is 5. The summed E-state index contributed by atoms with van der Waals surface area (Å²) in [6.45, 7) is 7.78. The molecule has 0 spiro atoms. The summed E-state index contributed by atoms with van der Waals surface area (Å²) in [6, 6.07) is 29.9. The van der Waals surface area contributed by atoms with Crippen LogP contribution in [0.3, 0.4) is 0 Å². The largest absolute Gasteiger partial charge is 0.315 e. The van der Waals surface area contributed by atoms with E-state index in [9.17, 15) is 0 Å². The smallest absolute Gasteiger partial charge is 0.0488 e. The Balaban J connectivity index is 1.06. The highest BCUT2D eigenvalue weighted by Crippen LogP contribution is 2.68. The zero-order valence-corrected chi connectivity index (χ0v) is 35.7. The van der Waals surface area contributed by atoms with Crippen molar-refractivity contribution in [3.8, 4) is 11.1 Å². The Morgan fingerprint density at radius 2 is 1.43 bits per heavy atom. The predicted octanol–water partition coefficient (Wildman–Crippen LogP) is 15.2. The van der Waals surface area contributed by atoms with Gasteiger partial charge in [0.1, 0.15) is 0 Å². The van der Waals surface area contributed by atoms with Crippen molar-refractivity contribution in [1.29, 1.82) is 0 Å². The number of hydrogen-bond donors (Lipinski definition) is 0. The monoisotopic (exact) mass is 781 g/mol. The molecule has 1 saturated carbocycles. The maximum Gasteiger partial charge on any atom is 0.0488 e. The van der Waals surface area contributed by atoms with E-state index in [0.29, 0.717) is 23.7 Å². The molecule has 1 heteroatoms. The van der Waals surface area contributed by atoms with Crippen molar-refractivity contribution in [2.75, 3.05) is 4.90 Å². The Bertz CT molecular complexity index is 2550. The molecule has 300 valence electrons. The fraction of sp³-hybridized carbons (Fsp3) is 0.322. The molecule has 0 heterocycles. The van der Waals surface area contributed by atoms with E-state index in [1.54, 1.807) is 16.7 Å². The highest BCUT2D eigenvalue weighted by molar-refractivity contribution is 5.89. The minimum absolute atomic E-state index is 0.157. The molecule has 7 unspecified atom stereocenters. The molecule has 0 saturated heterocycles. The molecular weight excluding hydrogens is 723 g/mol. The van der Waals surface area contributed by atoms with E-state index in [-0.39, 0.29) is 22.2 Å². The minimum atomic E-state index is -0.178. The summed E-state index contributed by atoms with van der Waals surface area (Å²) in [5.41, 5.74) is 16.0. The first-order valence-electron chi connectivity index (χ1n) is 23.0. The summed E-state index contributed by atoms with van der Waals surface area (Å²) < 4.78 is 0. The molecule has 0 N–H and O–H groups in total. The Morgan fingerprint density at radius 1 is 0.650 bits per heavy atom. The van der Waals surface area contributed by atoms with E-state index in [0.717, 1.165) is 51.4 Å². The van der Waals surface area contributed by atoms with Crippen LogP contribution in [0, 0.1) is 40.4 Å². The van der Waals surface area contributed by atoms with Crippen LogP contribution < -0.4 is 4.90 Å². The second kappa shape index (κ2) is 14.7. The van der Waals surface area contributed by atoms with Gasteiger partial charge in [0, 0.05) is 28.4 Å². The Hall–Kier alpha value is -5.40. The number of allylic oxidation sites excluding steroid dienone is 21. The average molecular weight is 782 g/mol. The Morgan fingerprint density at radius 3 is 2.25 bits per heavy atom. The molecule has 1 fully saturated rings. The zero-order valence-electron chi connectivity index (χ0n) is 35.7. The molecule has 1 nitrogen and oxygen atoms in total. The third kappa shape index (κ3) is 5.57. The highest BCUT2D eigenvalue weighted by atomic mass is 15.2. The number of nitrogens with zero attached hydrogens (tertiary/aromatic N) is 1. The van der Waals surface area contributed by atoms with Crippen LogP contribution >= 0.6 is 0 Å². The zero-order chi connectivity index (χ0) is 40.5. The van der Waals surface area contributed by atoms with Gasteiger partial charge in [0.15, 0.2) is 0 Å². The van der Waals surface area contributed by atoms with E-state index in [1.807, 2.05) is 0 Å². The molecule has 11 rings (SSSR count). The van der Waals surface area contributed by atoms with Crippen molar-refractivity contribution in [2.45, 2.75) is 77.6 Å². The standard InChI is InChI=1S/C59H59N/c1-57(2)51-30-16-13-27-49(51)52-39-38-46(40-58(52,57)3)60(45-36-34-42(35-37-45)41-20-7-4-8-21-41)55-33-18-15-26-47(55)48-29-19-32-54-56(48)50-28-14-17-31-53(50)59(54,43-22-9-5-10-23-43)44-24-11-6-12-25-44/h4-11,13-14,16-17,19-22,24,26-28,30-38,43,48-49,51-52H,12,15,18,23,25,29,39-40H2,1-3H3. The number of hydrogen-bond acceptors (Lipinski definition) is 1. The van der Waals surface area contributed by atoms with Crippen LogP contribution in [-0.4, -0.2) is 0 Å². The van der Waals surface area contributed by atoms with E-state index < -0.39 is 0 Å². The summed E-state index contributed by atoms with van der Waals surface area (Å²) in [5, 5.41) is 0. The van der Waals surface area contributed by atoms with E-state index in [1.165, 1.54) is 44.9 Å². The van der Waals surface area contributed by atoms with Crippen LogP contribution in [0.2, 0.25) is 0 Å². The van der Waals surface area contributed by atoms with Crippen LogP contribution in [0.5, 0.6) is 0 Å². The van der Waals surface area contributed by atoms with Gasteiger partial charge in [-0.25, -0.2) is 0 Å². The van der Waals surface area contributed by atoms with Gasteiger partial charge in [-0.3, -0.25) is 0 Å². The van der Waals surface area contributed by atoms with Crippen molar-refractivity contribution in [3.05, 3.63) is 215 Å². The van der Waals surface area contributed by atoms with Gasteiger partial charge in [-0.2, -0.15) is 0 Å². The average Bonchev–Trinajstić information content (AvgIpc) is 3.71. The molecule has 8 aliphatic carbocycles. The summed E-state index contributed by atoms with van der Waals surface area (Å²) in [5.74, 6) is 2.44. The van der Waals surface area contributed by atoms with Crippen molar-refractivity contribution < 1.29 is 0 Å². The van der Waals surface area contributed by atoms with E-state index >= 15 is 0 Å². The van der Waals surface area contributed by atoms with Gasteiger partial charge in [-0.05, 0) is 137 Å². The molecule has 60 heavy (non-hydrogen) atoms. The van der Waals surface area contributed by atoms with Crippen molar-refractivity contribution in [2.24, 2.45) is 40.4 Å². The highest BCUT2D eigenvalue weighted by Gasteiger charge is 2.62. The lowest BCUT2D eigenvalue weighted by Crippen LogP contribution is -2.42. The second-order valence-electron chi connectivity index (χ2n) is 19.5. The van der Waals surface area contributed by atoms with Gasteiger partial charge >= 0.3 is 0 Å². The predicted molar refractivity (Wildman–Crippen MR) is 253 cm³/mol. The maximum atomic E-state index is 2.74. The number of rotatable bonds is 7. The molecule has 3 aromatic carbocycles. The lowest BCUT2D eigenvalue weighted by molar-refractivity contribution is 0.0619. The van der Waals surface area contributed by atoms with Gasteiger partial charge in [0.05, 0.1) is 0 Å². The van der Waals surface area contributed by atoms with E-state index in [4.69, 9.17) is 0 Å². The fourth-order valence-corrected chi connectivity index (χ4v) is 13.5. The molecule has 0 aliphatic heterocycles. The molecule has 7 atom stereocenters. The van der Waals surface area contributed by atoms with Crippen LogP contribution in [0.15, 0.2) is 204 Å². The van der Waals surface area contributed by atoms with Crippen molar-refractivity contribution in [1.82, 2.24) is 0 Å². The van der Waals surface area contributed by atoms with Gasteiger partial charge in [0.25, 0.3) is 0 Å². The number of anilines is 1. The normalized spacial score (nSPS) is 31.8. The van der Waals surface area contributed by atoms with E-state index in [2.05, 4.69) is 202 Å². The van der Waals surface area contributed by atoms with Gasteiger partial charge in [-0.15, -0.1) is 0 Å². The van der Waals surface area contributed by atoms with Crippen LogP contribution in [-0.2, 0) is 5.41 Å². The molecule has 0 amide bonds. The lowest BCUT2D eigenvalue weighted by Gasteiger charge is -2.49. The molecule has 3 aromatic rings. The summed E-state index contributed by atoms with van der Waals surface area (Å²) in [7, 11) is 0. The first-order chi connectivity index (χ1) is 29.4. The first kappa shape index (κ1) is 37.6. The van der Waals surface area contributed by atoms with Crippen molar-refractivity contribution >= 4 is 11.3 Å². The Labute approximate surface area is 359 Å². The molecule has 0 bridgehead atoms. The van der Waals surface area contributed by atoms with Gasteiger partial charge in [-0.1, -0.05) is 190 Å². The lowest BCUT2D eigenvalue weighted by atomic mass is 9.58. The molecule has 0 aromatic heterocycles. The third-order valence-electron chi connectivity index (χ3n) is 16.6. The van der Waals surface area contributed by atoms with Gasteiger partial charge in [0.2, 0.25) is 0 Å². The first-order valence-corrected chi connectivity index (χ1v) is 23.0. The maximum absolute atomic E-state index is 2.74. The topological polar surface area (TPSA) is 3.24 Å².